The lowest BCUT2D eigenvalue weighted by Crippen LogP contribution is -2.38. The average molecular weight is 426 g/mol. The van der Waals surface area contributed by atoms with Gasteiger partial charge in [-0.2, -0.15) is 15.0 Å². The molecule has 5 rings (SSSR count). The number of aromatic nitrogens is 4. The van der Waals surface area contributed by atoms with E-state index in [4.69, 9.17) is 29.4 Å². The fourth-order valence-electron chi connectivity index (χ4n) is 4.30. The molecule has 166 valence electrons. The highest BCUT2D eigenvalue weighted by Crippen LogP contribution is 2.24. The van der Waals surface area contributed by atoms with Crippen molar-refractivity contribution in [3.05, 3.63) is 18.2 Å². The van der Waals surface area contributed by atoms with Crippen LogP contribution >= 0.6 is 0 Å². The van der Waals surface area contributed by atoms with Gasteiger partial charge in [-0.25, -0.2) is 4.98 Å². The van der Waals surface area contributed by atoms with Crippen LogP contribution in [0.1, 0.15) is 25.7 Å². The van der Waals surface area contributed by atoms with Gasteiger partial charge < -0.3 is 24.2 Å². The predicted molar refractivity (Wildman–Crippen MR) is 120 cm³/mol. The van der Waals surface area contributed by atoms with Crippen molar-refractivity contribution in [1.82, 2.24) is 19.9 Å². The number of rotatable bonds is 4. The van der Waals surface area contributed by atoms with Crippen LogP contribution in [0.4, 0.5) is 17.7 Å². The molecule has 3 aliphatic rings. The van der Waals surface area contributed by atoms with Gasteiger partial charge in [-0.05, 0) is 25.0 Å². The first-order chi connectivity index (χ1) is 15.4. The third-order valence-electron chi connectivity index (χ3n) is 6.09. The van der Waals surface area contributed by atoms with E-state index in [1.807, 2.05) is 12.1 Å². The van der Waals surface area contributed by atoms with Gasteiger partial charge in [0.05, 0.1) is 26.4 Å². The zero-order valence-corrected chi connectivity index (χ0v) is 18.1. The molecule has 0 unspecified atom stereocenters. The predicted octanol–water partition coefficient (Wildman–Crippen LogP) is 1.99. The number of hydrogen-bond acceptors (Lipinski definition) is 9. The Morgan fingerprint density at radius 1 is 0.581 bits per heavy atom. The number of anilines is 3. The second-order valence-electron chi connectivity index (χ2n) is 8.24. The van der Waals surface area contributed by atoms with Crippen molar-refractivity contribution < 1.29 is 9.47 Å². The summed E-state index contributed by atoms with van der Waals surface area (Å²) in [6.45, 7) is 8.15. The fraction of sp³-hybridized carbons (Fsp3) is 0.636. The number of hydrogen-bond donors (Lipinski definition) is 0. The highest BCUT2D eigenvalue weighted by atomic mass is 16.5. The summed E-state index contributed by atoms with van der Waals surface area (Å²) in [6.07, 6.45) is 4.90. The molecule has 0 saturated carbocycles. The Labute approximate surface area is 183 Å². The number of morpholine rings is 2. The molecule has 31 heavy (non-hydrogen) atoms. The summed E-state index contributed by atoms with van der Waals surface area (Å²) in [5.74, 6) is 3.09. The van der Waals surface area contributed by atoms with Crippen molar-refractivity contribution >= 4 is 17.7 Å². The van der Waals surface area contributed by atoms with Gasteiger partial charge in [0.2, 0.25) is 11.9 Å². The number of nitrogens with zero attached hydrogens (tertiary/aromatic N) is 7. The van der Waals surface area contributed by atoms with Crippen molar-refractivity contribution in [2.75, 3.05) is 80.4 Å². The summed E-state index contributed by atoms with van der Waals surface area (Å²) in [6, 6.07) is 6.08. The SMILES string of the molecule is c1cc(-c2nc(N3CCCCCC3)nc(N3CCOCC3)n2)nc(N2CCOCC2)c1. The molecular weight excluding hydrogens is 394 g/mol. The normalized spacial score (nSPS) is 20.6. The van der Waals surface area contributed by atoms with Gasteiger partial charge in [-0.1, -0.05) is 18.9 Å². The third-order valence-corrected chi connectivity index (χ3v) is 6.09. The van der Waals surface area contributed by atoms with Crippen LogP contribution in [-0.4, -0.2) is 85.6 Å². The Balaban J connectivity index is 1.50. The van der Waals surface area contributed by atoms with Crippen molar-refractivity contribution in [1.29, 1.82) is 0 Å². The van der Waals surface area contributed by atoms with Crippen molar-refractivity contribution in [2.24, 2.45) is 0 Å². The van der Waals surface area contributed by atoms with Crippen LogP contribution in [0.25, 0.3) is 11.5 Å². The van der Waals surface area contributed by atoms with Gasteiger partial charge in [0, 0.05) is 39.3 Å². The van der Waals surface area contributed by atoms with E-state index in [1.165, 1.54) is 25.7 Å². The summed E-state index contributed by atoms with van der Waals surface area (Å²) in [5, 5.41) is 0. The zero-order valence-electron chi connectivity index (χ0n) is 18.1. The first kappa shape index (κ1) is 20.4. The molecular formula is C22H31N7O2. The van der Waals surface area contributed by atoms with E-state index in [0.717, 1.165) is 75.9 Å². The van der Waals surface area contributed by atoms with Crippen LogP contribution in [0.3, 0.4) is 0 Å². The maximum Gasteiger partial charge on any atom is 0.230 e. The summed E-state index contributed by atoms with van der Waals surface area (Å²) in [4.78, 5) is 26.3. The van der Waals surface area contributed by atoms with Gasteiger partial charge in [-0.3, -0.25) is 0 Å². The summed E-state index contributed by atoms with van der Waals surface area (Å²) >= 11 is 0. The van der Waals surface area contributed by atoms with Crippen molar-refractivity contribution in [3.63, 3.8) is 0 Å². The summed E-state index contributed by atoms with van der Waals surface area (Å²) in [7, 11) is 0. The molecule has 9 nitrogen and oxygen atoms in total. The first-order valence-corrected chi connectivity index (χ1v) is 11.5. The van der Waals surface area contributed by atoms with Crippen LogP contribution in [0, 0.1) is 0 Å². The molecule has 2 aromatic rings. The van der Waals surface area contributed by atoms with Gasteiger partial charge in [0.1, 0.15) is 11.5 Å². The Kier molecular flexibility index (Phi) is 6.40. The molecule has 3 aliphatic heterocycles. The minimum atomic E-state index is 0.644. The lowest BCUT2D eigenvalue weighted by Gasteiger charge is -2.29. The van der Waals surface area contributed by atoms with Crippen LogP contribution in [0.2, 0.25) is 0 Å². The van der Waals surface area contributed by atoms with E-state index < -0.39 is 0 Å². The lowest BCUT2D eigenvalue weighted by atomic mass is 10.2. The molecule has 0 aromatic carbocycles. The molecule has 0 aliphatic carbocycles. The molecule has 3 fully saturated rings. The number of ether oxygens (including phenoxy) is 2. The van der Waals surface area contributed by atoms with Crippen LogP contribution in [-0.2, 0) is 9.47 Å². The van der Waals surface area contributed by atoms with Crippen molar-refractivity contribution in [2.45, 2.75) is 25.7 Å². The topological polar surface area (TPSA) is 79.7 Å². The van der Waals surface area contributed by atoms with Crippen LogP contribution in [0.5, 0.6) is 0 Å². The maximum absolute atomic E-state index is 5.53. The molecule has 2 aromatic heterocycles. The Bertz CT molecular complexity index is 861. The molecule has 0 bridgehead atoms. The molecule has 0 N–H and O–H groups in total. The smallest absolute Gasteiger partial charge is 0.230 e. The molecule has 0 amide bonds. The molecule has 0 radical (unpaired) electrons. The summed E-state index contributed by atoms with van der Waals surface area (Å²) < 4.78 is 11.0. The third kappa shape index (κ3) is 4.88. The maximum atomic E-state index is 5.53. The Hall–Kier alpha value is -2.52. The van der Waals surface area contributed by atoms with E-state index in [-0.39, 0.29) is 0 Å². The quantitative estimate of drug-likeness (QED) is 0.730. The lowest BCUT2D eigenvalue weighted by molar-refractivity contribution is 0.122. The van der Waals surface area contributed by atoms with Gasteiger partial charge in [0.15, 0.2) is 5.82 Å². The van der Waals surface area contributed by atoms with Crippen LogP contribution < -0.4 is 14.7 Å². The fourth-order valence-corrected chi connectivity index (χ4v) is 4.30. The monoisotopic (exact) mass is 425 g/mol. The number of pyridine rings is 1. The first-order valence-electron chi connectivity index (χ1n) is 11.5. The molecule has 0 atom stereocenters. The second-order valence-corrected chi connectivity index (χ2v) is 8.24. The van der Waals surface area contributed by atoms with Crippen LogP contribution in [0.15, 0.2) is 18.2 Å². The largest absolute Gasteiger partial charge is 0.378 e. The van der Waals surface area contributed by atoms with E-state index in [9.17, 15) is 0 Å². The molecule has 3 saturated heterocycles. The van der Waals surface area contributed by atoms with Gasteiger partial charge in [-0.15, -0.1) is 0 Å². The molecule has 9 heteroatoms. The summed E-state index contributed by atoms with van der Waals surface area (Å²) in [5.41, 5.74) is 0.789. The minimum Gasteiger partial charge on any atom is -0.378 e. The standard InChI is InChI=1S/C22H31N7O2/c1-2-4-9-28(8-3-1)21-24-20(25-22(26-21)29-12-16-31-17-13-29)18-6-5-7-19(23-18)27-10-14-30-15-11-27/h5-7H,1-4,8-17H2. The van der Waals surface area contributed by atoms with Crippen molar-refractivity contribution in [3.8, 4) is 11.5 Å². The molecule has 0 spiro atoms. The van der Waals surface area contributed by atoms with E-state index in [0.29, 0.717) is 19.0 Å². The highest BCUT2D eigenvalue weighted by molar-refractivity contribution is 5.58. The van der Waals surface area contributed by atoms with Gasteiger partial charge >= 0.3 is 0 Å². The minimum absolute atomic E-state index is 0.644. The Morgan fingerprint density at radius 3 is 1.81 bits per heavy atom. The van der Waals surface area contributed by atoms with Gasteiger partial charge in [0.25, 0.3) is 0 Å². The molecule has 5 heterocycles. The highest BCUT2D eigenvalue weighted by Gasteiger charge is 2.21. The zero-order chi connectivity index (χ0) is 20.9. The van der Waals surface area contributed by atoms with E-state index in [1.54, 1.807) is 0 Å². The van der Waals surface area contributed by atoms with E-state index >= 15 is 0 Å². The average Bonchev–Trinajstić information content (AvgIpc) is 3.15. The van der Waals surface area contributed by atoms with E-state index in [2.05, 4.69) is 20.8 Å². The Morgan fingerprint density at radius 2 is 1.16 bits per heavy atom. The second kappa shape index (κ2) is 9.74.